The van der Waals surface area contributed by atoms with Crippen LogP contribution in [-0.4, -0.2) is 13.2 Å². The van der Waals surface area contributed by atoms with Crippen LogP contribution in [0.2, 0.25) is 10.0 Å². The van der Waals surface area contributed by atoms with E-state index in [4.69, 9.17) is 33.7 Å². The summed E-state index contributed by atoms with van der Waals surface area (Å²) in [5.74, 6) is 0.580. The Balaban J connectivity index is 2.79. The van der Waals surface area contributed by atoms with Gasteiger partial charge in [0, 0.05) is 22.5 Å². The third-order valence-electron chi connectivity index (χ3n) is 2.15. The lowest BCUT2D eigenvalue weighted by Gasteiger charge is -2.23. The van der Waals surface area contributed by atoms with Crippen molar-refractivity contribution in [1.29, 1.82) is 0 Å². The first-order valence-electron chi connectivity index (χ1n) is 4.83. The van der Waals surface area contributed by atoms with Gasteiger partial charge in [0.05, 0.1) is 16.7 Å². The van der Waals surface area contributed by atoms with Gasteiger partial charge in [-0.15, -0.1) is 0 Å². The molecule has 1 aromatic carbocycles. The van der Waals surface area contributed by atoms with Gasteiger partial charge >= 0.3 is 0 Å². The van der Waals surface area contributed by atoms with Crippen molar-refractivity contribution in [1.82, 2.24) is 0 Å². The molecule has 0 saturated carbocycles. The van der Waals surface area contributed by atoms with Crippen molar-refractivity contribution in [3.8, 4) is 5.75 Å². The van der Waals surface area contributed by atoms with Gasteiger partial charge in [-0.2, -0.15) is 0 Å². The Bertz CT molecular complexity index is 382. The van der Waals surface area contributed by atoms with Gasteiger partial charge in [0.2, 0.25) is 0 Å². The first-order valence-corrected chi connectivity index (χ1v) is 6.38. The fourth-order valence-corrected chi connectivity index (χ4v) is 1.79. The maximum atomic E-state index is 6.03. The lowest BCUT2D eigenvalue weighted by Crippen LogP contribution is -2.30. The minimum atomic E-state index is -0.0805. The topological polar surface area (TPSA) is 35.2 Å². The van der Waals surface area contributed by atoms with Crippen molar-refractivity contribution in [2.75, 3.05) is 13.2 Å². The van der Waals surface area contributed by atoms with Crippen molar-refractivity contribution >= 4 is 39.1 Å². The van der Waals surface area contributed by atoms with Crippen LogP contribution in [0.5, 0.6) is 5.75 Å². The van der Waals surface area contributed by atoms with E-state index in [-0.39, 0.29) is 5.41 Å². The van der Waals surface area contributed by atoms with Gasteiger partial charge in [-0.1, -0.05) is 37.0 Å². The molecule has 1 rings (SSSR count). The fraction of sp³-hybridized carbons (Fsp3) is 0.455. The van der Waals surface area contributed by atoms with Crippen LogP contribution >= 0.6 is 39.1 Å². The highest BCUT2D eigenvalue weighted by atomic mass is 79.9. The molecule has 0 aliphatic heterocycles. The number of benzene rings is 1. The molecule has 0 radical (unpaired) electrons. The average Bonchev–Trinajstić information content (AvgIpc) is 2.22. The molecule has 1 aromatic rings. The van der Waals surface area contributed by atoms with Crippen molar-refractivity contribution in [2.24, 2.45) is 11.1 Å². The second-order valence-electron chi connectivity index (χ2n) is 4.35. The van der Waals surface area contributed by atoms with Crippen molar-refractivity contribution < 1.29 is 4.74 Å². The Morgan fingerprint density at radius 2 is 1.94 bits per heavy atom. The molecule has 5 heteroatoms. The van der Waals surface area contributed by atoms with E-state index in [2.05, 4.69) is 15.9 Å². The van der Waals surface area contributed by atoms with E-state index in [1.54, 1.807) is 12.1 Å². The van der Waals surface area contributed by atoms with Crippen LogP contribution < -0.4 is 10.5 Å². The summed E-state index contributed by atoms with van der Waals surface area (Å²) in [6.07, 6.45) is 0. The molecule has 0 amide bonds. The van der Waals surface area contributed by atoms with E-state index in [0.29, 0.717) is 28.9 Å². The van der Waals surface area contributed by atoms with Crippen LogP contribution in [0.25, 0.3) is 0 Å². The molecule has 0 spiro atoms. The summed E-state index contributed by atoms with van der Waals surface area (Å²) in [5, 5.41) is 1.11. The smallest absolute Gasteiger partial charge is 0.139 e. The molecule has 16 heavy (non-hydrogen) atoms. The molecule has 0 heterocycles. The summed E-state index contributed by atoms with van der Waals surface area (Å²) in [6, 6.07) is 3.41. The Labute approximate surface area is 114 Å². The maximum absolute atomic E-state index is 6.03. The zero-order valence-electron chi connectivity index (χ0n) is 9.19. The highest BCUT2D eigenvalue weighted by Crippen LogP contribution is 2.34. The molecule has 0 aromatic heterocycles. The van der Waals surface area contributed by atoms with Crippen LogP contribution in [0.15, 0.2) is 16.6 Å². The standard InChI is InChI=1S/C11H14BrCl2NO/c1-11(2,5-15)6-16-10-4-8(13)7(12)3-9(10)14/h3-4H,5-6,15H2,1-2H3. The molecule has 0 bridgehead atoms. The Morgan fingerprint density at radius 3 is 2.50 bits per heavy atom. The summed E-state index contributed by atoms with van der Waals surface area (Å²) in [4.78, 5) is 0. The first kappa shape index (κ1) is 14.1. The molecular formula is C11H14BrCl2NO. The van der Waals surface area contributed by atoms with E-state index in [1.165, 1.54) is 0 Å². The normalized spacial score (nSPS) is 11.6. The zero-order valence-corrected chi connectivity index (χ0v) is 12.3. The number of halogens is 3. The predicted molar refractivity (Wildman–Crippen MR) is 72.5 cm³/mol. The monoisotopic (exact) mass is 325 g/mol. The maximum Gasteiger partial charge on any atom is 0.139 e. The molecule has 0 atom stereocenters. The molecule has 0 aliphatic rings. The van der Waals surface area contributed by atoms with E-state index < -0.39 is 0 Å². The first-order chi connectivity index (χ1) is 7.35. The molecule has 2 nitrogen and oxygen atoms in total. The second kappa shape index (κ2) is 5.58. The van der Waals surface area contributed by atoms with E-state index in [9.17, 15) is 0 Å². The summed E-state index contributed by atoms with van der Waals surface area (Å²) in [6.45, 7) is 5.11. The Morgan fingerprint density at radius 1 is 1.31 bits per heavy atom. The molecular weight excluding hydrogens is 313 g/mol. The van der Waals surface area contributed by atoms with Gasteiger partial charge in [0.15, 0.2) is 0 Å². The SMILES string of the molecule is CC(C)(CN)COc1cc(Cl)c(Br)cc1Cl. The zero-order chi connectivity index (χ0) is 12.3. The fourth-order valence-electron chi connectivity index (χ4n) is 0.947. The van der Waals surface area contributed by atoms with Gasteiger partial charge in [-0.25, -0.2) is 0 Å². The molecule has 0 unspecified atom stereocenters. The highest BCUT2D eigenvalue weighted by molar-refractivity contribution is 9.10. The third-order valence-corrected chi connectivity index (χ3v) is 3.64. The summed E-state index contributed by atoms with van der Waals surface area (Å²) in [5.41, 5.74) is 5.54. The second-order valence-corrected chi connectivity index (χ2v) is 6.02. The van der Waals surface area contributed by atoms with Crippen LogP contribution in [0.1, 0.15) is 13.8 Å². The molecule has 0 aliphatic carbocycles. The number of nitrogens with two attached hydrogens (primary N) is 1. The van der Waals surface area contributed by atoms with Crippen LogP contribution in [-0.2, 0) is 0 Å². The Hall–Kier alpha value is 0.0400. The number of ether oxygens (including phenoxy) is 1. The molecule has 0 saturated heterocycles. The lowest BCUT2D eigenvalue weighted by molar-refractivity contribution is 0.187. The van der Waals surface area contributed by atoms with Gasteiger partial charge in [0.1, 0.15) is 5.75 Å². The van der Waals surface area contributed by atoms with E-state index >= 15 is 0 Å². The molecule has 2 N–H and O–H groups in total. The van der Waals surface area contributed by atoms with Crippen molar-refractivity contribution in [2.45, 2.75) is 13.8 Å². The van der Waals surface area contributed by atoms with Crippen molar-refractivity contribution in [3.63, 3.8) is 0 Å². The van der Waals surface area contributed by atoms with Crippen LogP contribution in [0.4, 0.5) is 0 Å². The minimum absolute atomic E-state index is 0.0805. The molecule has 90 valence electrons. The minimum Gasteiger partial charge on any atom is -0.491 e. The number of hydrogen-bond acceptors (Lipinski definition) is 2. The summed E-state index contributed by atoms with van der Waals surface area (Å²) in [7, 11) is 0. The predicted octanol–water partition coefficient (Wildman–Crippen LogP) is 4.12. The molecule has 0 fully saturated rings. The average molecular weight is 327 g/mol. The quantitative estimate of drug-likeness (QED) is 0.845. The number of rotatable bonds is 4. The van der Waals surface area contributed by atoms with Crippen molar-refractivity contribution in [3.05, 3.63) is 26.7 Å². The lowest BCUT2D eigenvalue weighted by atomic mass is 9.95. The summed E-state index contributed by atoms with van der Waals surface area (Å²) >= 11 is 15.3. The van der Waals surface area contributed by atoms with Crippen LogP contribution in [0, 0.1) is 5.41 Å². The Kier molecular flexibility index (Phi) is 4.92. The van der Waals surface area contributed by atoms with Gasteiger partial charge < -0.3 is 10.5 Å². The summed E-state index contributed by atoms with van der Waals surface area (Å²) < 4.78 is 6.37. The van der Waals surface area contributed by atoms with Gasteiger partial charge in [-0.05, 0) is 22.0 Å². The van der Waals surface area contributed by atoms with E-state index in [1.807, 2.05) is 13.8 Å². The van der Waals surface area contributed by atoms with Gasteiger partial charge in [0.25, 0.3) is 0 Å². The van der Waals surface area contributed by atoms with Gasteiger partial charge in [-0.3, -0.25) is 0 Å². The van der Waals surface area contributed by atoms with Crippen LogP contribution in [0.3, 0.4) is 0 Å². The third kappa shape index (κ3) is 3.81. The largest absolute Gasteiger partial charge is 0.491 e. The number of hydrogen-bond donors (Lipinski definition) is 1. The van der Waals surface area contributed by atoms with E-state index in [0.717, 1.165) is 4.47 Å². The highest BCUT2D eigenvalue weighted by Gasteiger charge is 2.17.